The predicted molar refractivity (Wildman–Crippen MR) is 68.0 cm³/mol. The van der Waals surface area contributed by atoms with Crippen molar-refractivity contribution in [1.29, 1.82) is 0 Å². The smallest absolute Gasteiger partial charge is 0.223 e. The maximum absolute atomic E-state index is 5.69. The molecule has 0 atom stereocenters. The standard InChI is InChI=1S/C12H13N5/c13-10-7-11(16-12(14)15-10)17-6-5-8-3-1-2-4-9(8)17/h1-4,7H,5-6H2,(H4,13,14,15,16). The van der Waals surface area contributed by atoms with E-state index in [0.717, 1.165) is 18.8 Å². The summed E-state index contributed by atoms with van der Waals surface area (Å²) < 4.78 is 0. The molecule has 0 spiro atoms. The maximum atomic E-state index is 5.69. The Hall–Kier alpha value is -2.30. The molecule has 0 bridgehead atoms. The van der Waals surface area contributed by atoms with E-state index in [1.807, 2.05) is 12.1 Å². The third-order valence-electron chi connectivity index (χ3n) is 2.91. The summed E-state index contributed by atoms with van der Waals surface area (Å²) in [7, 11) is 0. The van der Waals surface area contributed by atoms with Gasteiger partial charge in [-0.1, -0.05) is 18.2 Å². The lowest BCUT2D eigenvalue weighted by molar-refractivity contribution is 0.969. The van der Waals surface area contributed by atoms with E-state index in [2.05, 4.69) is 27.0 Å². The molecule has 2 aromatic rings. The lowest BCUT2D eigenvalue weighted by Crippen LogP contribution is -2.16. The highest BCUT2D eigenvalue weighted by molar-refractivity contribution is 5.69. The van der Waals surface area contributed by atoms with Gasteiger partial charge in [0.05, 0.1) is 0 Å². The average molecular weight is 227 g/mol. The van der Waals surface area contributed by atoms with Gasteiger partial charge in [-0.2, -0.15) is 9.97 Å². The van der Waals surface area contributed by atoms with Gasteiger partial charge in [0.2, 0.25) is 5.95 Å². The van der Waals surface area contributed by atoms with Crippen LogP contribution in [0.15, 0.2) is 30.3 Å². The van der Waals surface area contributed by atoms with Crippen LogP contribution in [0.3, 0.4) is 0 Å². The molecule has 2 heterocycles. The number of nitrogens with two attached hydrogens (primary N) is 2. The van der Waals surface area contributed by atoms with Crippen LogP contribution >= 0.6 is 0 Å². The Morgan fingerprint density at radius 1 is 1.12 bits per heavy atom. The number of rotatable bonds is 1. The summed E-state index contributed by atoms with van der Waals surface area (Å²) in [6.07, 6.45) is 1.01. The van der Waals surface area contributed by atoms with Crippen molar-refractivity contribution in [3.8, 4) is 0 Å². The van der Waals surface area contributed by atoms with Gasteiger partial charge in [0.25, 0.3) is 0 Å². The van der Waals surface area contributed by atoms with E-state index in [0.29, 0.717) is 5.82 Å². The normalized spacial score (nSPS) is 13.8. The molecule has 0 radical (unpaired) electrons. The molecule has 1 aliphatic heterocycles. The highest BCUT2D eigenvalue weighted by Crippen LogP contribution is 2.33. The summed E-state index contributed by atoms with van der Waals surface area (Å²) in [5, 5.41) is 0. The second kappa shape index (κ2) is 3.62. The zero-order valence-electron chi connectivity index (χ0n) is 9.30. The van der Waals surface area contributed by atoms with E-state index in [9.17, 15) is 0 Å². The van der Waals surface area contributed by atoms with Crippen LogP contribution < -0.4 is 16.4 Å². The van der Waals surface area contributed by atoms with Gasteiger partial charge in [-0.15, -0.1) is 0 Å². The topological polar surface area (TPSA) is 81.1 Å². The van der Waals surface area contributed by atoms with Crippen LogP contribution in [0.2, 0.25) is 0 Å². The average Bonchev–Trinajstić information content (AvgIpc) is 2.71. The third kappa shape index (κ3) is 1.65. The van der Waals surface area contributed by atoms with E-state index < -0.39 is 0 Å². The Bertz CT molecular complexity index is 546. The molecule has 0 saturated heterocycles. The third-order valence-corrected chi connectivity index (χ3v) is 2.91. The van der Waals surface area contributed by atoms with Gasteiger partial charge in [-0.05, 0) is 18.1 Å². The molecule has 0 aliphatic carbocycles. The second-order valence-corrected chi connectivity index (χ2v) is 4.04. The zero-order chi connectivity index (χ0) is 11.8. The van der Waals surface area contributed by atoms with Gasteiger partial charge < -0.3 is 16.4 Å². The van der Waals surface area contributed by atoms with E-state index in [-0.39, 0.29) is 5.95 Å². The molecule has 0 saturated carbocycles. The summed E-state index contributed by atoms with van der Waals surface area (Å²) in [5.41, 5.74) is 13.8. The fourth-order valence-corrected chi connectivity index (χ4v) is 2.19. The summed E-state index contributed by atoms with van der Waals surface area (Å²) in [6, 6.07) is 10.0. The van der Waals surface area contributed by atoms with Crippen molar-refractivity contribution in [3.63, 3.8) is 0 Å². The van der Waals surface area contributed by atoms with Crippen LogP contribution in [-0.2, 0) is 6.42 Å². The second-order valence-electron chi connectivity index (χ2n) is 4.04. The predicted octanol–water partition coefficient (Wildman–Crippen LogP) is 1.34. The Morgan fingerprint density at radius 2 is 1.94 bits per heavy atom. The minimum atomic E-state index is 0.212. The van der Waals surface area contributed by atoms with E-state index in [1.54, 1.807) is 6.07 Å². The van der Waals surface area contributed by atoms with E-state index in [1.165, 1.54) is 11.3 Å². The van der Waals surface area contributed by atoms with Crippen LogP contribution in [0.1, 0.15) is 5.56 Å². The van der Waals surface area contributed by atoms with Crippen molar-refractivity contribution in [1.82, 2.24) is 9.97 Å². The number of nitrogen functional groups attached to an aromatic ring is 2. The number of aromatic nitrogens is 2. The number of fused-ring (bicyclic) bond motifs is 1. The lowest BCUT2D eigenvalue weighted by atomic mass is 10.2. The molecule has 0 fully saturated rings. The number of nitrogens with zero attached hydrogens (tertiary/aromatic N) is 3. The van der Waals surface area contributed by atoms with Crippen LogP contribution in [0, 0.1) is 0 Å². The first-order chi connectivity index (χ1) is 8.24. The molecule has 4 N–H and O–H groups in total. The number of hydrogen-bond acceptors (Lipinski definition) is 5. The summed E-state index contributed by atoms with van der Waals surface area (Å²) in [5.74, 6) is 1.38. The first-order valence-corrected chi connectivity index (χ1v) is 5.49. The Labute approximate surface area is 99.1 Å². The molecule has 1 aromatic carbocycles. The molecule has 0 amide bonds. The van der Waals surface area contributed by atoms with Crippen LogP contribution in [0.25, 0.3) is 0 Å². The maximum Gasteiger partial charge on any atom is 0.223 e. The van der Waals surface area contributed by atoms with E-state index >= 15 is 0 Å². The molecular weight excluding hydrogens is 214 g/mol. The first kappa shape index (κ1) is 9.89. The first-order valence-electron chi connectivity index (χ1n) is 5.49. The zero-order valence-corrected chi connectivity index (χ0v) is 9.30. The largest absolute Gasteiger partial charge is 0.383 e. The quantitative estimate of drug-likeness (QED) is 0.768. The van der Waals surface area contributed by atoms with Crippen molar-refractivity contribution in [2.75, 3.05) is 22.9 Å². The Balaban J connectivity index is 2.06. The highest BCUT2D eigenvalue weighted by atomic mass is 15.2. The van der Waals surface area contributed by atoms with Crippen molar-refractivity contribution in [3.05, 3.63) is 35.9 Å². The molecule has 1 aromatic heterocycles. The molecule has 0 unspecified atom stereocenters. The highest BCUT2D eigenvalue weighted by Gasteiger charge is 2.21. The Morgan fingerprint density at radius 3 is 2.76 bits per heavy atom. The number of hydrogen-bond donors (Lipinski definition) is 2. The summed E-state index contributed by atoms with van der Waals surface area (Å²) >= 11 is 0. The lowest BCUT2D eigenvalue weighted by Gasteiger charge is -2.18. The van der Waals surface area contributed by atoms with E-state index in [4.69, 9.17) is 11.5 Å². The SMILES string of the molecule is Nc1cc(N2CCc3ccccc32)nc(N)n1. The fraction of sp³-hybridized carbons (Fsp3) is 0.167. The number of para-hydroxylation sites is 1. The van der Waals surface area contributed by atoms with Crippen LogP contribution in [0.5, 0.6) is 0 Å². The monoisotopic (exact) mass is 227 g/mol. The summed E-state index contributed by atoms with van der Waals surface area (Å²) in [4.78, 5) is 10.2. The van der Waals surface area contributed by atoms with Gasteiger partial charge in [-0.3, -0.25) is 0 Å². The number of anilines is 4. The van der Waals surface area contributed by atoms with Gasteiger partial charge >= 0.3 is 0 Å². The molecule has 5 nitrogen and oxygen atoms in total. The number of benzene rings is 1. The van der Waals surface area contributed by atoms with Crippen molar-refractivity contribution in [2.45, 2.75) is 6.42 Å². The molecule has 1 aliphatic rings. The van der Waals surface area contributed by atoms with Gasteiger partial charge in [0.15, 0.2) is 0 Å². The summed E-state index contributed by atoms with van der Waals surface area (Å²) in [6.45, 7) is 0.898. The Kier molecular flexibility index (Phi) is 2.11. The molecule has 17 heavy (non-hydrogen) atoms. The van der Waals surface area contributed by atoms with Crippen molar-refractivity contribution in [2.24, 2.45) is 0 Å². The fourth-order valence-electron chi connectivity index (χ4n) is 2.19. The van der Waals surface area contributed by atoms with Gasteiger partial charge in [0, 0.05) is 18.3 Å². The van der Waals surface area contributed by atoms with Gasteiger partial charge in [-0.25, -0.2) is 0 Å². The van der Waals surface area contributed by atoms with Crippen LogP contribution in [-0.4, -0.2) is 16.5 Å². The van der Waals surface area contributed by atoms with Crippen molar-refractivity contribution < 1.29 is 0 Å². The van der Waals surface area contributed by atoms with Gasteiger partial charge in [0.1, 0.15) is 11.6 Å². The van der Waals surface area contributed by atoms with Crippen molar-refractivity contribution >= 4 is 23.3 Å². The molecule has 5 heteroatoms. The molecular formula is C12H13N5. The molecule has 3 rings (SSSR count). The minimum absolute atomic E-state index is 0.212. The van der Waals surface area contributed by atoms with Crippen LogP contribution in [0.4, 0.5) is 23.3 Å². The minimum Gasteiger partial charge on any atom is -0.383 e. The molecule has 86 valence electrons.